The Balaban J connectivity index is 1.57. The lowest BCUT2D eigenvalue weighted by atomic mass is 9.68. The topological polar surface area (TPSA) is 107 Å². The minimum atomic E-state index is -0.961. The third-order valence-corrected chi connectivity index (χ3v) is 7.27. The summed E-state index contributed by atoms with van der Waals surface area (Å²) >= 11 is 0. The molecule has 0 saturated carbocycles. The molecule has 37 heavy (non-hydrogen) atoms. The molecule has 1 fully saturated rings. The van der Waals surface area contributed by atoms with Gasteiger partial charge in [0, 0.05) is 13.0 Å². The summed E-state index contributed by atoms with van der Waals surface area (Å²) in [5, 5.41) is 31.0. The number of fused-ring (bicyclic) bond motifs is 1. The van der Waals surface area contributed by atoms with E-state index in [9.17, 15) is 29.3 Å². The van der Waals surface area contributed by atoms with E-state index in [2.05, 4.69) is 0 Å². The molecule has 8 heteroatoms. The number of anilines is 1. The number of ether oxygens (including phenoxy) is 1. The molecule has 0 bridgehead atoms. The molecule has 2 aromatic carbocycles. The first kappa shape index (κ1) is 26.7. The van der Waals surface area contributed by atoms with Crippen molar-refractivity contribution in [3.05, 3.63) is 76.6 Å². The van der Waals surface area contributed by atoms with Gasteiger partial charge in [0.25, 0.3) is 0 Å². The van der Waals surface area contributed by atoms with E-state index < -0.39 is 35.4 Å². The number of para-hydroxylation sites is 1. The van der Waals surface area contributed by atoms with Crippen LogP contribution in [-0.2, 0) is 14.3 Å². The average molecular weight is 510 g/mol. The number of aliphatic hydroxyl groups excluding tert-OH is 2. The van der Waals surface area contributed by atoms with Crippen molar-refractivity contribution < 1.29 is 34.0 Å². The Bertz CT molecular complexity index is 1220. The van der Waals surface area contributed by atoms with Crippen LogP contribution in [0.15, 0.2) is 65.3 Å². The third kappa shape index (κ3) is 5.37. The van der Waals surface area contributed by atoms with Crippen LogP contribution in [0.2, 0.25) is 0 Å². The molecule has 2 aromatic rings. The van der Waals surface area contributed by atoms with Crippen LogP contribution in [0.5, 0.6) is 5.75 Å². The summed E-state index contributed by atoms with van der Waals surface area (Å²) in [7, 11) is 1.53. The predicted molar refractivity (Wildman–Crippen MR) is 137 cm³/mol. The zero-order chi connectivity index (χ0) is 26.7. The number of rotatable bonds is 9. The molecule has 196 valence electrons. The lowest BCUT2D eigenvalue weighted by Crippen LogP contribution is -2.39. The summed E-state index contributed by atoms with van der Waals surface area (Å²) in [6.45, 7) is 1.66. The van der Waals surface area contributed by atoms with Crippen molar-refractivity contribution in [2.24, 2.45) is 17.8 Å². The molecule has 1 heterocycles. The fourth-order valence-electron chi connectivity index (χ4n) is 5.59. The number of benzene rings is 2. The van der Waals surface area contributed by atoms with Gasteiger partial charge in [-0.3, -0.25) is 14.5 Å². The monoisotopic (exact) mass is 509 g/mol. The maximum Gasteiger partial charge on any atom is 0.238 e. The van der Waals surface area contributed by atoms with Crippen molar-refractivity contribution in [1.82, 2.24) is 0 Å². The number of halogens is 1. The summed E-state index contributed by atoms with van der Waals surface area (Å²) in [6, 6.07) is 12.8. The van der Waals surface area contributed by atoms with Gasteiger partial charge in [-0.15, -0.1) is 0 Å². The van der Waals surface area contributed by atoms with Gasteiger partial charge in [-0.2, -0.15) is 0 Å². The van der Waals surface area contributed by atoms with Crippen LogP contribution >= 0.6 is 0 Å². The Morgan fingerprint density at radius 1 is 1.19 bits per heavy atom. The Hall–Kier alpha value is -3.33. The van der Waals surface area contributed by atoms with Gasteiger partial charge in [-0.25, -0.2) is 4.39 Å². The smallest absolute Gasteiger partial charge is 0.238 e. The van der Waals surface area contributed by atoms with Crippen molar-refractivity contribution >= 4 is 23.6 Å². The number of amides is 2. The summed E-state index contributed by atoms with van der Waals surface area (Å²) < 4.78 is 19.0. The van der Waals surface area contributed by atoms with E-state index >= 15 is 0 Å². The minimum absolute atomic E-state index is 0.181. The standard InChI is InChI=1S/C29H32FNO6/c1-17(12-18-9-11-24(33)23(30)13-18)8-10-25(34)26-19(16-37-2)14-21-27(22(26)15-32)29(36)31(28(21)35)20-6-4-3-5-7-20/h3-7,9,11-13,21-22,25,27,32-34H,8,10,14-16H2,1-2H3/b17-12+/t21-,22+,25-,27-/m1/s1. The van der Waals surface area contributed by atoms with Gasteiger partial charge in [-0.1, -0.05) is 35.9 Å². The molecule has 1 aliphatic heterocycles. The summed E-state index contributed by atoms with van der Waals surface area (Å²) in [5.74, 6) is -3.90. The van der Waals surface area contributed by atoms with Gasteiger partial charge in [0.2, 0.25) is 11.8 Å². The number of carbonyl (C=O) groups excluding carboxylic acids is 2. The van der Waals surface area contributed by atoms with Crippen LogP contribution in [0.4, 0.5) is 10.1 Å². The summed E-state index contributed by atoms with van der Waals surface area (Å²) in [6.07, 6.45) is 1.87. The van der Waals surface area contributed by atoms with Gasteiger partial charge >= 0.3 is 0 Å². The van der Waals surface area contributed by atoms with Crippen LogP contribution in [-0.4, -0.2) is 53.6 Å². The first-order chi connectivity index (χ1) is 17.8. The van der Waals surface area contributed by atoms with E-state index in [0.29, 0.717) is 29.7 Å². The SMILES string of the molecule is COCC1=C([C@H](O)CC/C(C)=C/c2ccc(O)c(F)c2)[C@H](CO)[C@@H]2C(=O)N(c3ccccc3)C(=O)[C@@H]2C1. The number of phenolic OH excluding ortho intramolecular Hbond substituents is 1. The Labute approximate surface area is 215 Å². The number of aliphatic hydroxyl groups is 2. The molecule has 4 rings (SSSR count). The van der Waals surface area contributed by atoms with E-state index in [4.69, 9.17) is 4.74 Å². The highest BCUT2D eigenvalue weighted by Crippen LogP contribution is 2.47. The largest absolute Gasteiger partial charge is 0.505 e. The molecular weight excluding hydrogens is 477 g/mol. The van der Waals surface area contributed by atoms with Crippen LogP contribution in [0.3, 0.4) is 0 Å². The number of methoxy groups -OCH3 is 1. The summed E-state index contributed by atoms with van der Waals surface area (Å²) in [5.41, 5.74) is 3.25. The molecule has 0 spiro atoms. The first-order valence-corrected chi connectivity index (χ1v) is 12.3. The van der Waals surface area contributed by atoms with Crippen molar-refractivity contribution in [3.8, 4) is 5.75 Å². The van der Waals surface area contributed by atoms with E-state index in [0.717, 1.165) is 11.1 Å². The third-order valence-electron chi connectivity index (χ3n) is 7.27. The van der Waals surface area contributed by atoms with Crippen molar-refractivity contribution in [1.29, 1.82) is 0 Å². The molecule has 0 unspecified atom stereocenters. The average Bonchev–Trinajstić information content (AvgIpc) is 3.14. The Morgan fingerprint density at radius 2 is 1.92 bits per heavy atom. The van der Waals surface area contributed by atoms with E-state index in [1.54, 1.807) is 42.5 Å². The number of imide groups is 1. The van der Waals surface area contributed by atoms with Crippen LogP contribution in [0.25, 0.3) is 6.08 Å². The van der Waals surface area contributed by atoms with Gasteiger partial charge in [-0.05, 0) is 67.2 Å². The molecule has 2 amide bonds. The van der Waals surface area contributed by atoms with E-state index in [1.165, 1.54) is 24.1 Å². The van der Waals surface area contributed by atoms with Gasteiger partial charge < -0.3 is 20.1 Å². The highest BCUT2D eigenvalue weighted by molar-refractivity contribution is 6.22. The molecule has 7 nitrogen and oxygen atoms in total. The lowest BCUT2D eigenvalue weighted by molar-refractivity contribution is -0.123. The number of phenols is 1. The zero-order valence-electron chi connectivity index (χ0n) is 20.9. The van der Waals surface area contributed by atoms with Crippen molar-refractivity contribution in [2.45, 2.75) is 32.3 Å². The maximum atomic E-state index is 13.7. The number of carbonyl (C=O) groups is 2. The maximum absolute atomic E-state index is 13.7. The zero-order valence-corrected chi connectivity index (χ0v) is 20.9. The van der Waals surface area contributed by atoms with Crippen LogP contribution < -0.4 is 4.90 Å². The van der Waals surface area contributed by atoms with E-state index in [-0.39, 0.29) is 31.4 Å². The number of hydrogen-bond donors (Lipinski definition) is 3. The molecule has 4 atom stereocenters. The van der Waals surface area contributed by atoms with Gasteiger partial charge in [0.15, 0.2) is 11.6 Å². The predicted octanol–water partition coefficient (Wildman–Crippen LogP) is 3.84. The van der Waals surface area contributed by atoms with Gasteiger partial charge in [0.05, 0.1) is 36.8 Å². The van der Waals surface area contributed by atoms with Crippen molar-refractivity contribution in [2.75, 3.05) is 25.2 Å². The summed E-state index contributed by atoms with van der Waals surface area (Å²) in [4.78, 5) is 28.0. The number of allylic oxidation sites excluding steroid dienone is 1. The number of nitrogens with zero attached hydrogens (tertiary/aromatic N) is 1. The first-order valence-electron chi connectivity index (χ1n) is 12.3. The molecular formula is C29H32FNO6. The molecule has 3 N–H and O–H groups in total. The highest BCUT2D eigenvalue weighted by Gasteiger charge is 2.55. The molecule has 2 aliphatic rings. The molecule has 1 aliphatic carbocycles. The molecule has 0 radical (unpaired) electrons. The second-order valence-corrected chi connectivity index (χ2v) is 9.72. The second-order valence-electron chi connectivity index (χ2n) is 9.72. The molecule has 0 aromatic heterocycles. The van der Waals surface area contributed by atoms with Crippen molar-refractivity contribution in [3.63, 3.8) is 0 Å². The van der Waals surface area contributed by atoms with Crippen LogP contribution in [0, 0.1) is 23.6 Å². The quantitative estimate of drug-likeness (QED) is 0.350. The Kier molecular flexibility index (Phi) is 8.22. The lowest BCUT2D eigenvalue weighted by Gasteiger charge is -2.36. The highest BCUT2D eigenvalue weighted by atomic mass is 19.1. The second kappa shape index (κ2) is 11.4. The van der Waals surface area contributed by atoms with Gasteiger partial charge in [0.1, 0.15) is 0 Å². The number of aromatic hydroxyl groups is 1. The molecule has 1 saturated heterocycles. The minimum Gasteiger partial charge on any atom is -0.505 e. The Morgan fingerprint density at radius 3 is 2.57 bits per heavy atom. The van der Waals surface area contributed by atoms with E-state index in [1.807, 2.05) is 6.92 Å². The van der Waals surface area contributed by atoms with Crippen LogP contribution in [0.1, 0.15) is 31.7 Å². The number of hydrogen-bond acceptors (Lipinski definition) is 6. The normalized spacial score (nSPS) is 23.0. The fourth-order valence-corrected chi connectivity index (χ4v) is 5.59. The fraction of sp³-hybridized carbons (Fsp3) is 0.379.